The number of hydrogen-bond acceptors (Lipinski definition) is 3. The van der Waals surface area contributed by atoms with Gasteiger partial charge in [0.05, 0.1) is 5.56 Å². The van der Waals surface area contributed by atoms with E-state index in [0.29, 0.717) is 6.54 Å². The van der Waals surface area contributed by atoms with Crippen LogP contribution in [0.5, 0.6) is 0 Å². The number of nitrogens with zero attached hydrogens (tertiary/aromatic N) is 2. The third-order valence-electron chi connectivity index (χ3n) is 3.63. The van der Waals surface area contributed by atoms with E-state index < -0.39 is 11.7 Å². The van der Waals surface area contributed by atoms with E-state index in [0.717, 1.165) is 38.8 Å². The fourth-order valence-corrected chi connectivity index (χ4v) is 2.50. The summed E-state index contributed by atoms with van der Waals surface area (Å²) in [6.45, 7) is 5.10. The molecule has 7 heteroatoms. The van der Waals surface area contributed by atoms with Crippen LogP contribution in [-0.2, 0) is 6.18 Å². The van der Waals surface area contributed by atoms with Crippen LogP contribution in [0.25, 0.3) is 0 Å². The lowest BCUT2D eigenvalue weighted by Crippen LogP contribution is -2.45. The molecule has 1 saturated heterocycles. The number of hydrogen-bond donors (Lipinski definition) is 1. The highest BCUT2D eigenvalue weighted by molar-refractivity contribution is 6.30. The van der Waals surface area contributed by atoms with E-state index in [1.807, 2.05) is 0 Å². The molecular weight excluding hydrogens is 303 g/mol. The van der Waals surface area contributed by atoms with Crippen LogP contribution in [0.4, 0.5) is 18.9 Å². The lowest BCUT2D eigenvalue weighted by molar-refractivity contribution is -0.136. The van der Waals surface area contributed by atoms with Crippen molar-refractivity contribution in [1.82, 2.24) is 9.80 Å². The fourth-order valence-electron chi connectivity index (χ4n) is 2.33. The lowest BCUT2D eigenvalue weighted by Gasteiger charge is -2.32. The van der Waals surface area contributed by atoms with E-state index in [-0.39, 0.29) is 10.7 Å². The van der Waals surface area contributed by atoms with E-state index in [4.69, 9.17) is 11.6 Å². The molecule has 1 heterocycles. The summed E-state index contributed by atoms with van der Waals surface area (Å²) < 4.78 is 38.8. The van der Waals surface area contributed by atoms with E-state index in [1.165, 1.54) is 12.1 Å². The standard InChI is InChI=1S/C14H19ClF3N3/c1-20-6-8-21(9-7-20)5-4-19-13-3-2-11(15)10-12(13)14(16,17)18/h2-3,10,19H,4-9H2,1H3. The van der Waals surface area contributed by atoms with E-state index in [1.54, 1.807) is 0 Å². The second-order valence-electron chi connectivity index (χ2n) is 5.26. The normalized spacial score (nSPS) is 18.0. The highest BCUT2D eigenvalue weighted by Gasteiger charge is 2.33. The molecule has 1 N–H and O–H groups in total. The van der Waals surface area contributed by atoms with Crippen molar-refractivity contribution in [3.05, 3.63) is 28.8 Å². The SMILES string of the molecule is CN1CCN(CCNc2ccc(Cl)cc2C(F)(F)F)CC1. The molecule has 1 aliphatic heterocycles. The molecule has 0 atom stereocenters. The van der Waals surface area contributed by atoms with Crippen molar-refractivity contribution in [1.29, 1.82) is 0 Å². The molecule has 118 valence electrons. The Bertz CT molecular complexity index is 471. The van der Waals surface area contributed by atoms with Crippen LogP contribution < -0.4 is 5.32 Å². The highest BCUT2D eigenvalue weighted by Crippen LogP contribution is 2.36. The van der Waals surface area contributed by atoms with Crippen molar-refractivity contribution in [2.45, 2.75) is 6.18 Å². The van der Waals surface area contributed by atoms with Crippen LogP contribution in [-0.4, -0.2) is 56.1 Å². The number of anilines is 1. The monoisotopic (exact) mass is 321 g/mol. The largest absolute Gasteiger partial charge is 0.418 e. The molecular formula is C14H19ClF3N3. The summed E-state index contributed by atoms with van der Waals surface area (Å²) in [7, 11) is 2.07. The molecule has 1 fully saturated rings. The van der Waals surface area contributed by atoms with Crippen LogP contribution in [0.2, 0.25) is 5.02 Å². The van der Waals surface area contributed by atoms with Gasteiger partial charge in [0, 0.05) is 50.0 Å². The quantitative estimate of drug-likeness (QED) is 0.919. The molecule has 2 rings (SSSR count). The Kier molecular flexibility index (Phi) is 5.35. The first-order valence-corrected chi connectivity index (χ1v) is 7.25. The van der Waals surface area contributed by atoms with Crippen LogP contribution in [0.3, 0.4) is 0 Å². The first kappa shape index (κ1) is 16.4. The summed E-state index contributed by atoms with van der Waals surface area (Å²) in [4.78, 5) is 4.49. The Labute approximate surface area is 127 Å². The molecule has 0 unspecified atom stereocenters. The third kappa shape index (κ3) is 4.76. The molecule has 0 aromatic heterocycles. The van der Waals surface area contributed by atoms with Gasteiger partial charge in [0.25, 0.3) is 0 Å². The number of halogens is 4. The van der Waals surface area contributed by atoms with Gasteiger partial charge in [-0.25, -0.2) is 0 Å². The van der Waals surface area contributed by atoms with Crippen LogP contribution in [0.1, 0.15) is 5.56 Å². The number of nitrogens with one attached hydrogen (secondary N) is 1. The summed E-state index contributed by atoms with van der Waals surface area (Å²) in [6, 6.07) is 3.81. The fraction of sp³-hybridized carbons (Fsp3) is 0.571. The highest BCUT2D eigenvalue weighted by atomic mass is 35.5. The first-order valence-electron chi connectivity index (χ1n) is 6.88. The Balaban J connectivity index is 1.91. The van der Waals surface area contributed by atoms with E-state index in [9.17, 15) is 13.2 Å². The van der Waals surface area contributed by atoms with Crippen LogP contribution in [0.15, 0.2) is 18.2 Å². The van der Waals surface area contributed by atoms with Gasteiger partial charge in [0.15, 0.2) is 0 Å². The van der Waals surface area contributed by atoms with Crippen molar-refractivity contribution < 1.29 is 13.2 Å². The minimum Gasteiger partial charge on any atom is -0.383 e. The summed E-state index contributed by atoms with van der Waals surface area (Å²) >= 11 is 5.65. The Morgan fingerprint density at radius 2 is 1.86 bits per heavy atom. The average Bonchev–Trinajstić information content (AvgIpc) is 2.41. The van der Waals surface area contributed by atoms with Gasteiger partial charge >= 0.3 is 6.18 Å². The van der Waals surface area contributed by atoms with Crippen molar-refractivity contribution in [2.75, 3.05) is 51.6 Å². The number of likely N-dealkylation sites (N-methyl/N-ethyl adjacent to an activating group) is 1. The number of rotatable bonds is 4. The minimum absolute atomic E-state index is 0.0843. The molecule has 3 nitrogen and oxygen atoms in total. The van der Waals surface area contributed by atoms with Gasteiger partial charge in [-0.05, 0) is 25.2 Å². The number of benzene rings is 1. The molecule has 0 spiro atoms. The Morgan fingerprint density at radius 3 is 2.48 bits per heavy atom. The van der Waals surface area contributed by atoms with Crippen molar-refractivity contribution in [3.63, 3.8) is 0 Å². The maximum absolute atomic E-state index is 12.9. The first-order chi connectivity index (χ1) is 9.86. The zero-order valence-corrected chi connectivity index (χ0v) is 12.6. The van der Waals surface area contributed by atoms with Gasteiger partial charge < -0.3 is 10.2 Å². The topological polar surface area (TPSA) is 18.5 Å². The Hall–Kier alpha value is -0.980. The zero-order valence-electron chi connectivity index (χ0n) is 11.9. The predicted octanol–water partition coefficient (Wildman–Crippen LogP) is 3.02. The second-order valence-corrected chi connectivity index (χ2v) is 5.70. The number of alkyl halides is 3. The van der Waals surface area contributed by atoms with Crippen LogP contribution in [0, 0.1) is 0 Å². The smallest absolute Gasteiger partial charge is 0.383 e. The number of piperazine rings is 1. The van der Waals surface area contributed by atoms with Gasteiger partial charge in [0.1, 0.15) is 0 Å². The van der Waals surface area contributed by atoms with E-state index >= 15 is 0 Å². The van der Waals surface area contributed by atoms with Gasteiger partial charge in [0.2, 0.25) is 0 Å². The minimum atomic E-state index is -4.40. The summed E-state index contributed by atoms with van der Waals surface area (Å²) in [5.41, 5.74) is -0.630. The summed E-state index contributed by atoms with van der Waals surface area (Å²) in [5, 5.41) is 2.96. The molecule has 0 saturated carbocycles. The summed E-state index contributed by atoms with van der Waals surface area (Å²) in [6.07, 6.45) is -4.40. The van der Waals surface area contributed by atoms with Crippen molar-refractivity contribution in [3.8, 4) is 0 Å². The van der Waals surface area contributed by atoms with Crippen molar-refractivity contribution >= 4 is 17.3 Å². The van der Waals surface area contributed by atoms with Crippen LogP contribution >= 0.6 is 11.6 Å². The lowest BCUT2D eigenvalue weighted by atomic mass is 10.1. The molecule has 1 aliphatic rings. The van der Waals surface area contributed by atoms with Crippen molar-refractivity contribution in [2.24, 2.45) is 0 Å². The molecule has 1 aromatic carbocycles. The molecule has 1 aromatic rings. The Morgan fingerprint density at radius 1 is 1.19 bits per heavy atom. The second kappa shape index (κ2) is 6.85. The average molecular weight is 322 g/mol. The van der Waals surface area contributed by atoms with Gasteiger partial charge in [-0.2, -0.15) is 13.2 Å². The van der Waals surface area contributed by atoms with Gasteiger partial charge in [-0.15, -0.1) is 0 Å². The third-order valence-corrected chi connectivity index (χ3v) is 3.86. The zero-order chi connectivity index (χ0) is 15.5. The maximum Gasteiger partial charge on any atom is 0.418 e. The van der Waals surface area contributed by atoms with E-state index in [2.05, 4.69) is 22.2 Å². The molecule has 0 bridgehead atoms. The predicted molar refractivity (Wildman–Crippen MR) is 78.9 cm³/mol. The molecule has 0 radical (unpaired) electrons. The summed E-state index contributed by atoms with van der Waals surface area (Å²) in [5.74, 6) is 0. The maximum atomic E-state index is 12.9. The molecule has 0 aliphatic carbocycles. The van der Waals surface area contributed by atoms with Gasteiger partial charge in [-0.1, -0.05) is 11.6 Å². The van der Waals surface area contributed by atoms with Gasteiger partial charge in [-0.3, -0.25) is 4.90 Å². The molecule has 0 amide bonds. The molecule has 21 heavy (non-hydrogen) atoms.